The largest absolute Gasteiger partial charge is 0.497 e. The Morgan fingerprint density at radius 2 is 1.76 bits per heavy atom. The van der Waals surface area contributed by atoms with Crippen LogP contribution in [0.1, 0.15) is 15.9 Å². The summed E-state index contributed by atoms with van der Waals surface area (Å²) in [5.74, 6) is -0.496. The van der Waals surface area contributed by atoms with Gasteiger partial charge in [-0.2, -0.15) is 0 Å². The predicted octanol–water partition coefficient (Wildman–Crippen LogP) is 3.32. The quantitative estimate of drug-likeness (QED) is 0.308. The number of nitro benzene ring substituents is 1. The average Bonchev–Trinajstić information content (AvgIpc) is 2.81. The summed E-state index contributed by atoms with van der Waals surface area (Å²) < 4.78 is 5.09. The van der Waals surface area contributed by atoms with Gasteiger partial charge in [0.1, 0.15) is 17.1 Å². The van der Waals surface area contributed by atoms with Gasteiger partial charge in [0.2, 0.25) is 11.6 Å². The maximum atomic E-state index is 12.4. The highest BCUT2D eigenvalue weighted by Gasteiger charge is 2.24. The number of hydrazine groups is 1. The van der Waals surface area contributed by atoms with Crippen LogP contribution in [0.4, 0.5) is 23.0 Å². The van der Waals surface area contributed by atoms with Gasteiger partial charge in [0, 0.05) is 18.2 Å². The third-order valence-corrected chi connectivity index (χ3v) is 4.64. The fraction of sp³-hybridized carbons (Fsp3) is 0.105. The van der Waals surface area contributed by atoms with Crippen molar-refractivity contribution in [1.29, 1.82) is 0 Å². The third-order valence-electron chi connectivity index (χ3n) is 4.32. The lowest BCUT2D eigenvalue weighted by molar-refractivity contribution is -0.384. The van der Waals surface area contributed by atoms with E-state index in [1.165, 1.54) is 12.1 Å². The molecular weight excluding hydrogens is 458 g/mol. The Morgan fingerprint density at radius 3 is 2.39 bits per heavy atom. The number of rotatable bonds is 9. The van der Waals surface area contributed by atoms with Gasteiger partial charge in [-0.1, -0.05) is 23.7 Å². The summed E-state index contributed by atoms with van der Waals surface area (Å²) in [6.07, 6.45) is 1.07. The van der Waals surface area contributed by atoms with E-state index in [9.17, 15) is 25.0 Å². The molecule has 3 aromatic rings. The number of carbonyl (C=O) groups excluding carboxylic acids is 1. The van der Waals surface area contributed by atoms with Crippen molar-refractivity contribution < 1.29 is 19.4 Å². The van der Waals surface area contributed by atoms with Gasteiger partial charge in [-0.25, -0.2) is 9.97 Å². The summed E-state index contributed by atoms with van der Waals surface area (Å²) in [6.45, 7) is 0.224. The van der Waals surface area contributed by atoms with E-state index in [1.54, 1.807) is 31.4 Å². The summed E-state index contributed by atoms with van der Waals surface area (Å²) >= 11 is 5.74. The maximum absolute atomic E-state index is 12.4. The molecule has 33 heavy (non-hydrogen) atoms. The fourth-order valence-electron chi connectivity index (χ4n) is 2.68. The molecule has 0 radical (unpaired) electrons. The number of hydrogen-bond donors (Lipinski definition) is 3. The predicted molar refractivity (Wildman–Crippen MR) is 118 cm³/mol. The van der Waals surface area contributed by atoms with Crippen molar-refractivity contribution in [3.8, 4) is 5.75 Å². The van der Waals surface area contributed by atoms with Crippen LogP contribution in [0.5, 0.6) is 5.75 Å². The minimum atomic E-state index is -0.796. The Labute approximate surface area is 191 Å². The minimum Gasteiger partial charge on any atom is -0.497 e. The number of anilines is 2. The molecule has 2 aromatic carbocycles. The first kappa shape index (κ1) is 23.1. The maximum Gasteiger partial charge on any atom is 0.354 e. The highest BCUT2D eigenvalue weighted by Crippen LogP contribution is 2.29. The lowest BCUT2D eigenvalue weighted by atomic mass is 10.2. The van der Waals surface area contributed by atoms with Crippen molar-refractivity contribution in [2.45, 2.75) is 6.54 Å². The Bertz CT molecular complexity index is 1210. The van der Waals surface area contributed by atoms with Gasteiger partial charge in [-0.05, 0) is 29.8 Å². The summed E-state index contributed by atoms with van der Waals surface area (Å²) in [4.78, 5) is 41.2. The van der Waals surface area contributed by atoms with Crippen LogP contribution in [-0.2, 0) is 6.54 Å². The van der Waals surface area contributed by atoms with E-state index in [4.69, 9.17) is 16.3 Å². The molecule has 0 unspecified atom stereocenters. The van der Waals surface area contributed by atoms with Crippen molar-refractivity contribution in [2.75, 3.05) is 17.9 Å². The Kier molecular flexibility index (Phi) is 7.15. The number of amides is 1. The summed E-state index contributed by atoms with van der Waals surface area (Å²) in [5, 5.41) is 25.4. The van der Waals surface area contributed by atoms with Gasteiger partial charge in [0.15, 0.2) is 0 Å². The number of nitrogens with one attached hydrogen (secondary N) is 3. The molecule has 13 nitrogen and oxygen atoms in total. The summed E-state index contributed by atoms with van der Waals surface area (Å²) in [5.41, 5.74) is 4.34. The third kappa shape index (κ3) is 5.59. The second-order valence-electron chi connectivity index (χ2n) is 6.38. The fourth-order valence-corrected chi connectivity index (χ4v) is 2.87. The summed E-state index contributed by atoms with van der Waals surface area (Å²) in [7, 11) is 1.54. The molecule has 0 atom stereocenters. The van der Waals surface area contributed by atoms with Gasteiger partial charge in [-0.3, -0.25) is 35.9 Å². The number of ether oxygens (including phenoxy) is 1. The first-order chi connectivity index (χ1) is 15.8. The van der Waals surface area contributed by atoms with E-state index in [-0.39, 0.29) is 28.8 Å². The first-order valence-corrected chi connectivity index (χ1v) is 9.54. The molecule has 0 aliphatic heterocycles. The van der Waals surface area contributed by atoms with Crippen molar-refractivity contribution in [3.05, 3.63) is 85.2 Å². The zero-order valence-corrected chi connectivity index (χ0v) is 17.7. The van der Waals surface area contributed by atoms with E-state index in [2.05, 4.69) is 26.1 Å². The summed E-state index contributed by atoms with van der Waals surface area (Å²) in [6, 6.07) is 10.5. The zero-order valence-electron chi connectivity index (χ0n) is 16.9. The molecule has 0 spiro atoms. The second-order valence-corrected chi connectivity index (χ2v) is 6.79. The molecule has 0 saturated heterocycles. The molecule has 0 aliphatic carbocycles. The number of methoxy groups -OCH3 is 1. The molecule has 3 N–H and O–H groups in total. The Hall–Kier alpha value is -4.52. The van der Waals surface area contributed by atoms with Gasteiger partial charge in [0.25, 0.3) is 11.6 Å². The van der Waals surface area contributed by atoms with Crippen LogP contribution in [0.3, 0.4) is 0 Å². The number of nitrogens with zero attached hydrogens (tertiary/aromatic N) is 4. The normalized spacial score (nSPS) is 10.2. The van der Waals surface area contributed by atoms with Crippen LogP contribution in [-0.4, -0.2) is 32.8 Å². The zero-order chi connectivity index (χ0) is 24.0. The molecule has 1 aromatic heterocycles. The van der Waals surface area contributed by atoms with Crippen molar-refractivity contribution >= 4 is 40.5 Å². The molecule has 0 saturated carbocycles. The Balaban J connectivity index is 1.75. The van der Waals surface area contributed by atoms with Crippen molar-refractivity contribution in [1.82, 2.24) is 15.4 Å². The standard InChI is InChI=1S/C19H16ClN7O6/c1-33-13-5-2-11(3-6-13)9-21-17-16(27(31)32)18(23-10-22-17)24-25-19(28)12-4-7-14(20)15(8-12)26(29)30/h2-8,10H,9H2,1H3,(H,25,28)(H2,21,22,23,24). The van der Waals surface area contributed by atoms with Gasteiger partial charge >= 0.3 is 5.69 Å². The topological polar surface area (TPSA) is 174 Å². The van der Waals surface area contributed by atoms with E-state index < -0.39 is 27.1 Å². The number of aromatic nitrogens is 2. The minimum absolute atomic E-state index is 0.0790. The highest BCUT2D eigenvalue weighted by atomic mass is 35.5. The van der Waals surface area contributed by atoms with Gasteiger partial charge < -0.3 is 10.1 Å². The van der Waals surface area contributed by atoms with Crippen LogP contribution >= 0.6 is 11.6 Å². The van der Waals surface area contributed by atoms with Crippen LogP contribution < -0.4 is 20.9 Å². The SMILES string of the molecule is COc1ccc(CNc2ncnc(NNC(=O)c3ccc(Cl)c([N+](=O)[O-])c3)c2[N+](=O)[O-])cc1. The van der Waals surface area contributed by atoms with Crippen LogP contribution in [0.25, 0.3) is 0 Å². The van der Waals surface area contributed by atoms with E-state index in [0.29, 0.717) is 5.75 Å². The molecule has 170 valence electrons. The lowest BCUT2D eigenvalue weighted by Crippen LogP contribution is -2.30. The molecule has 14 heteroatoms. The number of halogens is 1. The van der Waals surface area contributed by atoms with Crippen LogP contribution in [0.15, 0.2) is 48.8 Å². The van der Waals surface area contributed by atoms with Gasteiger partial charge in [-0.15, -0.1) is 0 Å². The first-order valence-electron chi connectivity index (χ1n) is 9.16. The highest BCUT2D eigenvalue weighted by molar-refractivity contribution is 6.32. The number of hydrogen-bond acceptors (Lipinski definition) is 10. The lowest BCUT2D eigenvalue weighted by Gasteiger charge is -2.11. The molecule has 1 amide bonds. The van der Waals surface area contributed by atoms with E-state index >= 15 is 0 Å². The Morgan fingerprint density at radius 1 is 1.06 bits per heavy atom. The average molecular weight is 474 g/mol. The molecule has 3 rings (SSSR count). The van der Waals surface area contributed by atoms with Crippen LogP contribution in [0.2, 0.25) is 5.02 Å². The monoisotopic (exact) mass is 473 g/mol. The number of benzene rings is 2. The van der Waals surface area contributed by atoms with E-state index in [0.717, 1.165) is 18.0 Å². The number of nitro groups is 2. The molecule has 0 aliphatic rings. The molecular formula is C19H16ClN7O6. The smallest absolute Gasteiger partial charge is 0.354 e. The van der Waals surface area contributed by atoms with Gasteiger partial charge in [0.05, 0.1) is 17.0 Å². The van der Waals surface area contributed by atoms with E-state index in [1.807, 2.05) is 0 Å². The molecule has 1 heterocycles. The molecule has 0 bridgehead atoms. The van der Waals surface area contributed by atoms with Crippen molar-refractivity contribution in [2.24, 2.45) is 0 Å². The number of carbonyl (C=O) groups is 1. The second kappa shape index (κ2) is 10.2. The van der Waals surface area contributed by atoms with Crippen molar-refractivity contribution in [3.63, 3.8) is 0 Å². The van der Waals surface area contributed by atoms with Crippen LogP contribution in [0, 0.1) is 20.2 Å². The molecule has 0 fully saturated rings.